The Kier molecular flexibility index (Phi) is 2.36. The maximum Gasteiger partial charge on any atom is 0.251 e. The fraction of sp³-hybridized carbons (Fsp3) is 0.0909. The average molecular weight is 216 g/mol. The fourth-order valence-electron chi connectivity index (χ4n) is 1.52. The molecule has 16 heavy (non-hydrogen) atoms. The summed E-state index contributed by atoms with van der Waals surface area (Å²) >= 11 is 0. The third kappa shape index (κ3) is 1.88. The summed E-state index contributed by atoms with van der Waals surface area (Å²) in [7, 11) is 0. The zero-order chi connectivity index (χ0) is 11.7. The molecule has 4 N–H and O–H groups in total. The highest BCUT2D eigenvalue weighted by molar-refractivity contribution is 5.92. The van der Waals surface area contributed by atoms with Crippen LogP contribution in [0.1, 0.15) is 15.9 Å². The highest BCUT2D eigenvalue weighted by atomic mass is 16.1. The minimum Gasteiger partial charge on any atom is -0.399 e. The van der Waals surface area contributed by atoms with Crippen molar-refractivity contribution in [3.63, 3.8) is 0 Å². The van der Waals surface area contributed by atoms with E-state index in [0.717, 1.165) is 11.3 Å². The Morgan fingerprint density at radius 1 is 1.38 bits per heavy atom. The molecule has 1 aromatic heterocycles. The third-order valence-corrected chi connectivity index (χ3v) is 2.22. The number of nitrogens with two attached hydrogens (primary N) is 2. The number of anilines is 1. The number of carbonyl (C=O) groups is 1. The van der Waals surface area contributed by atoms with Gasteiger partial charge in [-0.1, -0.05) is 0 Å². The molecule has 0 unspecified atom stereocenters. The minimum absolute atomic E-state index is 0.375. The lowest BCUT2D eigenvalue weighted by Gasteiger charge is -2.04. The number of benzene rings is 1. The summed E-state index contributed by atoms with van der Waals surface area (Å²) in [5, 5.41) is 4.05. The number of aryl methyl sites for hydroxylation is 1. The van der Waals surface area contributed by atoms with Crippen LogP contribution in [0.5, 0.6) is 0 Å². The number of aromatic nitrogens is 2. The van der Waals surface area contributed by atoms with E-state index in [9.17, 15) is 4.79 Å². The molecule has 5 heteroatoms. The second-order valence-corrected chi connectivity index (χ2v) is 3.64. The zero-order valence-electron chi connectivity index (χ0n) is 8.84. The quantitative estimate of drug-likeness (QED) is 0.730. The molecule has 5 nitrogen and oxygen atoms in total. The summed E-state index contributed by atoms with van der Waals surface area (Å²) < 4.78 is 1.57. The molecule has 0 saturated heterocycles. The maximum atomic E-state index is 10.9. The molecule has 1 aromatic carbocycles. The van der Waals surface area contributed by atoms with E-state index in [-0.39, 0.29) is 0 Å². The van der Waals surface area contributed by atoms with Gasteiger partial charge in [-0.2, -0.15) is 5.10 Å². The first-order valence-corrected chi connectivity index (χ1v) is 4.78. The van der Waals surface area contributed by atoms with Gasteiger partial charge < -0.3 is 11.5 Å². The van der Waals surface area contributed by atoms with Crippen LogP contribution in [0.2, 0.25) is 0 Å². The predicted octanol–water partition coefficient (Wildman–Crippen LogP) is 0.862. The smallest absolute Gasteiger partial charge is 0.251 e. The fourth-order valence-corrected chi connectivity index (χ4v) is 1.52. The first kappa shape index (κ1) is 10.2. The number of hydrogen-bond acceptors (Lipinski definition) is 3. The highest BCUT2D eigenvalue weighted by Crippen LogP contribution is 2.15. The third-order valence-electron chi connectivity index (χ3n) is 2.22. The Morgan fingerprint density at radius 2 is 2.12 bits per heavy atom. The van der Waals surface area contributed by atoms with E-state index in [2.05, 4.69) is 5.10 Å². The van der Waals surface area contributed by atoms with Crippen LogP contribution < -0.4 is 11.5 Å². The number of nitrogens with zero attached hydrogens (tertiary/aromatic N) is 2. The molecule has 82 valence electrons. The molecule has 2 aromatic rings. The second-order valence-electron chi connectivity index (χ2n) is 3.64. The molecule has 1 amide bonds. The summed E-state index contributed by atoms with van der Waals surface area (Å²) in [6.45, 7) is 1.94. The van der Waals surface area contributed by atoms with Crippen molar-refractivity contribution in [3.05, 3.63) is 41.7 Å². The van der Waals surface area contributed by atoms with Crippen molar-refractivity contribution in [2.24, 2.45) is 5.73 Å². The van der Waals surface area contributed by atoms with E-state index in [4.69, 9.17) is 11.5 Å². The Hall–Kier alpha value is -2.30. The number of rotatable bonds is 2. The normalized spacial score (nSPS) is 10.3. The molecular formula is C11H12N4O. The van der Waals surface area contributed by atoms with Gasteiger partial charge in [0.15, 0.2) is 0 Å². The molecule has 0 spiro atoms. The van der Waals surface area contributed by atoms with Gasteiger partial charge in [0.25, 0.3) is 5.91 Å². The van der Waals surface area contributed by atoms with E-state index >= 15 is 0 Å². The van der Waals surface area contributed by atoms with Crippen LogP contribution in [0, 0.1) is 6.92 Å². The van der Waals surface area contributed by atoms with E-state index in [0.29, 0.717) is 11.3 Å². The number of hydrogen-bond donors (Lipinski definition) is 2. The number of amides is 1. The Bertz CT molecular complexity index is 524. The highest BCUT2D eigenvalue weighted by Gasteiger charge is 2.05. The van der Waals surface area contributed by atoms with Gasteiger partial charge in [-0.05, 0) is 30.7 Å². The monoisotopic (exact) mass is 216 g/mol. The lowest BCUT2D eigenvalue weighted by molar-refractivity contribution is 0.100. The number of nitrogen functional groups attached to an aromatic ring is 1. The first-order valence-electron chi connectivity index (χ1n) is 4.78. The van der Waals surface area contributed by atoms with E-state index < -0.39 is 5.91 Å². The molecule has 0 aliphatic carbocycles. The van der Waals surface area contributed by atoms with Crippen LogP contribution >= 0.6 is 0 Å². The molecule has 0 aliphatic rings. The molecule has 0 atom stereocenters. The van der Waals surface area contributed by atoms with Gasteiger partial charge in [-0.3, -0.25) is 4.79 Å². The summed E-state index contributed by atoms with van der Waals surface area (Å²) in [4.78, 5) is 10.9. The Balaban J connectivity index is 2.46. The van der Waals surface area contributed by atoms with Gasteiger partial charge in [-0.15, -0.1) is 0 Å². The summed E-state index contributed by atoms with van der Waals surface area (Å²) in [5.74, 6) is -0.494. The predicted molar refractivity (Wildman–Crippen MR) is 61.2 cm³/mol. The summed E-state index contributed by atoms with van der Waals surface area (Å²) in [6, 6.07) is 5.57. The standard InChI is InChI=1S/C11H12N4O/c1-7-2-9(12)4-10(3-7)15-6-8(5-14-15)11(13)16/h2-6H,12H2,1H3,(H2,13,16). The minimum atomic E-state index is -0.494. The van der Waals surface area contributed by atoms with Gasteiger partial charge in [-0.25, -0.2) is 4.68 Å². The van der Waals surface area contributed by atoms with E-state index in [1.807, 2.05) is 19.1 Å². The Labute approximate surface area is 92.7 Å². The van der Waals surface area contributed by atoms with Crippen LogP contribution in [-0.4, -0.2) is 15.7 Å². The largest absolute Gasteiger partial charge is 0.399 e. The molecule has 0 bridgehead atoms. The molecule has 1 heterocycles. The van der Waals surface area contributed by atoms with Crippen molar-refractivity contribution < 1.29 is 4.79 Å². The SMILES string of the molecule is Cc1cc(N)cc(-n2cc(C(N)=O)cn2)c1. The van der Waals surface area contributed by atoms with Crippen LogP contribution in [0.25, 0.3) is 5.69 Å². The van der Waals surface area contributed by atoms with Crippen molar-refractivity contribution >= 4 is 11.6 Å². The number of primary amides is 1. The lowest BCUT2D eigenvalue weighted by atomic mass is 10.2. The van der Waals surface area contributed by atoms with Crippen LogP contribution in [0.3, 0.4) is 0 Å². The lowest BCUT2D eigenvalue weighted by Crippen LogP contribution is -2.09. The topological polar surface area (TPSA) is 86.9 Å². The van der Waals surface area contributed by atoms with E-state index in [1.165, 1.54) is 6.20 Å². The van der Waals surface area contributed by atoms with Gasteiger partial charge >= 0.3 is 0 Å². The van der Waals surface area contributed by atoms with Crippen LogP contribution in [0.4, 0.5) is 5.69 Å². The molecule has 0 fully saturated rings. The number of carbonyl (C=O) groups excluding carboxylic acids is 1. The van der Waals surface area contributed by atoms with Crippen molar-refractivity contribution in [1.82, 2.24) is 9.78 Å². The molecular weight excluding hydrogens is 204 g/mol. The van der Waals surface area contributed by atoms with Gasteiger partial charge in [0, 0.05) is 11.9 Å². The van der Waals surface area contributed by atoms with Gasteiger partial charge in [0.2, 0.25) is 0 Å². The van der Waals surface area contributed by atoms with Crippen LogP contribution in [-0.2, 0) is 0 Å². The summed E-state index contributed by atoms with van der Waals surface area (Å²) in [6.07, 6.45) is 3.01. The molecule has 2 rings (SSSR count). The molecule has 0 saturated carbocycles. The van der Waals surface area contributed by atoms with Gasteiger partial charge in [0.1, 0.15) is 0 Å². The van der Waals surface area contributed by atoms with E-state index in [1.54, 1.807) is 16.9 Å². The average Bonchev–Trinajstić information content (AvgIpc) is 2.64. The molecule has 0 aliphatic heterocycles. The molecule has 0 radical (unpaired) electrons. The van der Waals surface area contributed by atoms with Gasteiger partial charge in [0.05, 0.1) is 17.4 Å². The maximum absolute atomic E-state index is 10.9. The van der Waals surface area contributed by atoms with Crippen molar-refractivity contribution in [3.8, 4) is 5.69 Å². The first-order chi connectivity index (χ1) is 7.56. The summed E-state index contributed by atoms with van der Waals surface area (Å²) in [5.41, 5.74) is 13.8. The van der Waals surface area contributed by atoms with Crippen LogP contribution in [0.15, 0.2) is 30.6 Å². The Morgan fingerprint density at radius 3 is 2.69 bits per heavy atom. The van der Waals surface area contributed by atoms with Crippen molar-refractivity contribution in [2.45, 2.75) is 6.92 Å². The second kappa shape index (κ2) is 3.69. The van der Waals surface area contributed by atoms with Crippen molar-refractivity contribution in [2.75, 3.05) is 5.73 Å². The van der Waals surface area contributed by atoms with Crippen molar-refractivity contribution in [1.29, 1.82) is 0 Å². The zero-order valence-corrected chi connectivity index (χ0v) is 8.84.